The second-order valence-electron chi connectivity index (χ2n) is 5.05. The summed E-state index contributed by atoms with van der Waals surface area (Å²) in [6.07, 6.45) is 4.37. The Bertz CT molecular complexity index is 582. The predicted molar refractivity (Wildman–Crippen MR) is 76.0 cm³/mol. The molecule has 100 valence electrons. The molecule has 19 heavy (non-hydrogen) atoms. The van der Waals surface area contributed by atoms with Crippen molar-refractivity contribution in [2.75, 3.05) is 31.2 Å². The van der Waals surface area contributed by atoms with E-state index in [9.17, 15) is 5.26 Å². The molecular formula is C14H17N3OS. The molecule has 1 aromatic heterocycles. The van der Waals surface area contributed by atoms with E-state index in [0.717, 1.165) is 51.4 Å². The van der Waals surface area contributed by atoms with Crippen LogP contribution in [0.1, 0.15) is 29.5 Å². The third-order valence-corrected chi connectivity index (χ3v) is 4.26. The van der Waals surface area contributed by atoms with E-state index in [2.05, 4.69) is 16.0 Å². The van der Waals surface area contributed by atoms with Gasteiger partial charge in [-0.3, -0.25) is 0 Å². The molecular weight excluding hydrogens is 258 g/mol. The lowest BCUT2D eigenvalue weighted by atomic mass is 9.89. The summed E-state index contributed by atoms with van der Waals surface area (Å²) in [5, 5.41) is 9.31. The number of nitrogens with one attached hydrogen (secondary N) is 1. The van der Waals surface area contributed by atoms with Gasteiger partial charge >= 0.3 is 0 Å². The average molecular weight is 275 g/mol. The molecule has 0 saturated carbocycles. The third-order valence-electron chi connectivity index (χ3n) is 3.95. The summed E-state index contributed by atoms with van der Waals surface area (Å²) >= 11 is 5.36. The number of rotatable bonds is 1. The van der Waals surface area contributed by atoms with Crippen molar-refractivity contribution in [2.24, 2.45) is 0 Å². The van der Waals surface area contributed by atoms with E-state index in [1.54, 1.807) is 0 Å². The molecule has 1 N–H and O–H groups in total. The lowest BCUT2D eigenvalue weighted by Gasteiger charge is -2.32. The van der Waals surface area contributed by atoms with E-state index < -0.39 is 0 Å². The predicted octanol–water partition coefficient (Wildman–Crippen LogP) is 2.33. The van der Waals surface area contributed by atoms with E-state index >= 15 is 0 Å². The summed E-state index contributed by atoms with van der Waals surface area (Å²) in [5.74, 6) is 1.13. The monoisotopic (exact) mass is 275 g/mol. The Kier molecular flexibility index (Phi) is 3.54. The Labute approximate surface area is 118 Å². The first-order chi connectivity index (χ1) is 9.31. The normalized spacial score (nSPS) is 18.8. The summed E-state index contributed by atoms with van der Waals surface area (Å²) < 4.78 is 5.99. The van der Waals surface area contributed by atoms with E-state index in [0.29, 0.717) is 10.2 Å². The second-order valence-corrected chi connectivity index (χ2v) is 5.46. The highest BCUT2D eigenvalue weighted by Crippen LogP contribution is 2.31. The highest BCUT2D eigenvalue weighted by Gasteiger charge is 2.23. The van der Waals surface area contributed by atoms with Gasteiger partial charge in [0.25, 0.3) is 0 Å². The summed E-state index contributed by atoms with van der Waals surface area (Å²) in [4.78, 5) is 5.60. The molecule has 4 nitrogen and oxygen atoms in total. The van der Waals surface area contributed by atoms with Crippen molar-refractivity contribution in [2.45, 2.75) is 25.7 Å². The standard InChI is InChI=1S/C14H17N3OS/c15-9-12-10-3-1-2-4-11(10)13(16-14(12)19)17-5-7-18-8-6-17/h1-8H2,(H,16,19). The Morgan fingerprint density at radius 1 is 1.16 bits per heavy atom. The van der Waals surface area contributed by atoms with Gasteiger partial charge in [-0.2, -0.15) is 5.26 Å². The van der Waals surface area contributed by atoms with Crippen LogP contribution in [0.25, 0.3) is 0 Å². The molecule has 5 heteroatoms. The maximum atomic E-state index is 9.31. The second kappa shape index (κ2) is 5.32. The molecule has 0 aromatic carbocycles. The number of aromatic amines is 1. The number of anilines is 1. The van der Waals surface area contributed by atoms with Crippen LogP contribution in [0.3, 0.4) is 0 Å². The lowest BCUT2D eigenvalue weighted by molar-refractivity contribution is 0.122. The number of aromatic nitrogens is 1. The van der Waals surface area contributed by atoms with Crippen LogP contribution in [0.5, 0.6) is 0 Å². The van der Waals surface area contributed by atoms with Crippen LogP contribution in [-0.4, -0.2) is 31.3 Å². The van der Waals surface area contributed by atoms with Crippen molar-refractivity contribution in [3.8, 4) is 6.07 Å². The maximum Gasteiger partial charge on any atom is 0.123 e. The van der Waals surface area contributed by atoms with E-state index in [1.165, 1.54) is 17.5 Å². The molecule has 1 aromatic rings. The van der Waals surface area contributed by atoms with Gasteiger partial charge in [0.1, 0.15) is 16.5 Å². The molecule has 0 amide bonds. The van der Waals surface area contributed by atoms with Crippen molar-refractivity contribution < 1.29 is 4.74 Å². The van der Waals surface area contributed by atoms with Crippen molar-refractivity contribution in [3.63, 3.8) is 0 Å². The quantitative estimate of drug-likeness (QED) is 0.799. The van der Waals surface area contributed by atoms with Crippen LogP contribution in [0, 0.1) is 16.0 Å². The largest absolute Gasteiger partial charge is 0.378 e. The minimum absolute atomic E-state index is 0.588. The number of pyridine rings is 1. The Morgan fingerprint density at radius 3 is 2.53 bits per heavy atom. The molecule has 2 heterocycles. The van der Waals surface area contributed by atoms with Gasteiger partial charge < -0.3 is 14.6 Å². The molecule has 2 aliphatic rings. The van der Waals surface area contributed by atoms with Crippen molar-refractivity contribution in [3.05, 3.63) is 21.3 Å². The number of morpholine rings is 1. The highest BCUT2D eigenvalue weighted by molar-refractivity contribution is 7.71. The molecule has 0 spiro atoms. The summed E-state index contributed by atoms with van der Waals surface area (Å²) in [6.45, 7) is 3.30. The minimum atomic E-state index is 0.588. The van der Waals surface area contributed by atoms with Crippen LogP contribution < -0.4 is 4.90 Å². The molecule has 1 aliphatic heterocycles. The van der Waals surface area contributed by atoms with E-state index in [1.807, 2.05) is 0 Å². The number of nitrogens with zero attached hydrogens (tertiary/aromatic N) is 2. The molecule has 1 saturated heterocycles. The molecule has 3 rings (SSSR count). The summed E-state index contributed by atoms with van der Waals surface area (Å²) in [7, 11) is 0. The molecule has 1 fully saturated rings. The van der Waals surface area contributed by atoms with Gasteiger partial charge in [-0.15, -0.1) is 0 Å². The van der Waals surface area contributed by atoms with Crippen molar-refractivity contribution >= 4 is 18.0 Å². The Morgan fingerprint density at radius 2 is 1.84 bits per heavy atom. The number of hydrogen-bond acceptors (Lipinski definition) is 4. The van der Waals surface area contributed by atoms with Crippen LogP contribution in [0.2, 0.25) is 0 Å². The molecule has 0 radical (unpaired) electrons. The fraction of sp³-hybridized carbons (Fsp3) is 0.571. The lowest BCUT2D eigenvalue weighted by Crippen LogP contribution is -2.38. The van der Waals surface area contributed by atoms with Gasteiger partial charge in [0.2, 0.25) is 0 Å². The third kappa shape index (κ3) is 2.26. The Balaban J connectivity index is 2.12. The molecule has 0 atom stereocenters. The number of ether oxygens (including phenoxy) is 1. The van der Waals surface area contributed by atoms with E-state index in [-0.39, 0.29) is 0 Å². The average Bonchev–Trinajstić information content (AvgIpc) is 2.47. The SMILES string of the molecule is N#Cc1c2c(c(N3CCOCC3)[nH]c1=S)CCCC2. The van der Waals surface area contributed by atoms with Gasteiger partial charge in [-0.25, -0.2) is 0 Å². The fourth-order valence-corrected chi connectivity index (χ4v) is 3.27. The number of H-pyrrole nitrogens is 1. The number of fused-ring (bicyclic) bond motifs is 1. The zero-order valence-corrected chi connectivity index (χ0v) is 11.7. The van der Waals surface area contributed by atoms with Crippen LogP contribution in [-0.2, 0) is 17.6 Å². The fourth-order valence-electron chi connectivity index (χ4n) is 3.00. The van der Waals surface area contributed by atoms with Gasteiger partial charge in [-0.05, 0) is 36.8 Å². The smallest absolute Gasteiger partial charge is 0.123 e. The zero-order chi connectivity index (χ0) is 13.2. The van der Waals surface area contributed by atoms with Crippen LogP contribution in [0.15, 0.2) is 0 Å². The topological polar surface area (TPSA) is 52.1 Å². The first-order valence-electron chi connectivity index (χ1n) is 6.82. The van der Waals surface area contributed by atoms with Gasteiger partial charge in [0.05, 0.1) is 18.8 Å². The van der Waals surface area contributed by atoms with Crippen LogP contribution >= 0.6 is 12.2 Å². The summed E-state index contributed by atoms with van der Waals surface area (Å²) in [5.41, 5.74) is 3.17. The van der Waals surface area contributed by atoms with Crippen molar-refractivity contribution in [1.82, 2.24) is 4.98 Å². The van der Waals surface area contributed by atoms with Gasteiger partial charge in [0.15, 0.2) is 0 Å². The molecule has 0 unspecified atom stereocenters. The summed E-state index contributed by atoms with van der Waals surface area (Å²) in [6, 6.07) is 2.27. The maximum absolute atomic E-state index is 9.31. The first kappa shape index (κ1) is 12.6. The molecule has 1 aliphatic carbocycles. The minimum Gasteiger partial charge on any atom is -0.378 e. The number of hydrogen-bond donors (Lipinski definition) is 1. The Hall–Kier alpha value is -1.38. The van der Waals surface area contributed by atoms with Gasteiger partial charge in [-0.1, -0.05) is 12.2 Å². The zero-order valence-electron chi connectivity index (χ0n) is 10.9. The highest BCUT2D eigenvalue weighted by atomic mass is 32.1. The first-order valence-corrected chi connectivity index (χ1v) is 7.23. The van der Waals surface area contributed by atoms with E-state index in [4.69, 9.17) is 17.0 Å². The van der Waals surface area contributed by atoms with Crippen LogP contribution in [0.4, 0.5) is 5.82 Å². The molecule has 0 bridgehead atoms. The van der Waals surface area contributed by atoms with Crippen molar-refractivity contribution in [1.29, 1.82) is 5.26 Å². The van der Waals surface area contributed by atoms with Gasteiger partial charge in [0, 0.05) is 13.1 Å². The number of nitriles is 1.